The number of aryl methyl sites for hydroxylation is 1. The van der Waals surface area contributed by atoms with Crippen molar-refractivity contribution in [3.05, 3.63) is 29.3 Å². The molecular weight excluding hydrogens is 266 g/mol. The van der Waals surface area contributed by atoms with Crippen LogP contribution in [0.5, 0.6) is 5.75 Å². The lowest BCUT2D eigenvalue weighted by Gasteiger charge is -2.19. The average Bonchev–Trinajstić information content (AvgIpc) is 2.37. The third-order valence-electron chi connectivity index (χ3n) is 2.50. The minimum Gasteiger partial charge on any atom is -0.495 e. The molecule has 0 spiro atoms. The van der Waals surface area contributed by atoms with E-state index >= 15 is 0 Å². The lowest BCUT2D eigenvalue weighted by atomic mass is 10.1. The van der Waals surface area contributed by atoms with Gasteiger partial charge in [0.2, 0.25) is 0 Å². The summed E-state index contributed by atoms with van der Waals surface area (Å²) >= 11 is 0. The molecule has 0 aliphatic heterocycles. The summed E-state index contributed by atoms with van der Waals surface area (Å²) in [4.78, 5) is 11.4. The van der Waals surface area contributed by atoms with Gasteiger partial charge in [0.15, 0.2) is 0 Å². The number of carbonyl (C=O) groups excluding carboxylic acids is 1. The Morgan fingerprint density at radius 3 is 2.67 bits per heavy atom. The number of ether oxygens (including phenoxy) is 2. The lowest BCUT2D eigenvalue weighted by molar-refractivity contribution is 0.0529. The van der Waals surface area contributed by atoms with Gasteiger partial charge in [-0.3, -0.25) is 0 Å². The Balaban J connectivity index is 2.45. The summed E-state index contributed by atoms with van der Waals surface area (Å²) in [6.45, 7) is 7.95. The molecule has 0 saturated carbocycles. The van der Waals surface area contributed by atoms with Gasteiger partial charge in [-0.05, 0) is 45.4 Å². The molecule has 21 heavy (non-hydrogen) atoms. The van der Waals surface area contributed by atoms with Crippen LogP contribution in [-0.2, 0) is 4.74 Å². The minimum atomic E-state index is -0.481. The molecule has 0 saturated heterocycles. The molecule has 0 radical (unpaired) electrons. The van der Waals surface area contributed by atoms with E-state index in [2.05, 4.69) is 17.2 Å². The quantitative estimate of drug-likeness (QED) is 0.686. The fourth-order valence-electron chi connectivity index (χ4n) is 1.60. The number of benzene rings is 1. The highest BCUT2D eigenvalue weighted by atomic mass is 16.6. The van der Waals surface area contributed by atoms with Crippen molar-refractivity contribution in [1.82, 2.24) is 5.32 Å². The van der Waals surface area contributed by atoms with Crippen molar-refractivity contribution in [2.75, 3.05) is 13.7 Å². The molecule has 4 nitrogen and oxygen atoms in total. The standard InChI is InChI=1S/C17H23NO3/c1-13-9-10-14(15(12-13)20-5)8-6-7-11-18-16(19)21-17(2,3)4/h9-10,12H,7,11H2,1-5H3,(H,18,19). The molecule has 4 heteroatoms. The van der Waals surface area contributed by atoms with Gasteiger partial charge in [0, 0.05) is 13.0 Å². The number of carbonyl (C=O) groups is 1. The van der Waals surface area contributed by atoms with Crippen LogP contribution in [0, 0.1) is 18.8 Å². The van der Waals surface area contributed by atoms with Gasteiger partial charge < -0.3 is 14.8 Å². The van der Waals surface area contributed by atoms with Crippen LogP contribution in [0.2, 0.25) is 0 Å². The molecule has 1 aromatic rings. The van der Waals surface area contributed by atoms with Gasteiger partial charge >= 0.3 is 6.09 Å². The van der Waals surface area contributed by atoms with E-state index in [1.165, 1.54) is 0 Å². The third kappa shape index (κ3) is 6.71. The Kier molecular flexibility index (Phi) is 6.10. The predicted molar refractivity (Wildman–Crippen MR) is 83.5 cm³/mol. The maximum Gasteiger partial charge on any atom is 0.407 e. The van der Waals surface area contributed by atoms with Crippen LogP contribution in [0.1, 0.15) is 38.3 Å². The molecule has 0 aliphatic carbocycles. The molecule has 0 atom stereocenters. The third-order valence-corrected chi connectivity index (χ3v) is 2.50. The fourth-order valence-corrected chi connectivity index (χ4v) is 1.60. The second-order valence-electron chi connectivity index (χ2n) is 5.68. The highest BCUT2D eigenvalue weighted by molar-refractivity contribution is 5.67. The second kappa shape index (κ2) is 7.58. The molecule has 1 N–H and O–H groups in total. The van der Waals surface area contributed by atoms with Crippen molar-refractivity contribution in [2.24, 2.45) is 0 Å². The maximum atomic E-state index is 11.4. The largest absolute Gasteiger partial charge is 0.495 e. The van der Waals surface area contributed by atoms with Crippen molar-refractivity contribution in [3.8, 4) is 17.6 Å². The second-order valence-corrected chi connectivity index (χ2v) is 5.68. The summed E-state index contributed by atoms with van der Waals surface area (Å²) in [5.41, 5.74) is 1.50. The van der Waals surface area contributed by atoms with E-state index in [1.807, 2.05) is 45.9 Å². The first-order valence-electron chi connectivity index (χ1n) is 6.92. The van der Waals surface area contributed by atoms with Crippen molar-refractivity contribution in [2.45, 2.75) is 39.7 Å². The van der Waals surface area contributed by atoms with Gasteiger partial charge in [-0.2, -0.15) is 0 Å². The lowest BCUT2D eigenvalue weighted by Crippen LogP contribution is -2.32. The van der Waals surface area contributed by atoms with Crippen molar-refractivity contribution < 1.29 is 14.3 Å². The maximum absolute atomic E-state index is 11.4. The first-order chi connectivity index (χ1) is 9.81. The normalized spacial score (nSPS) is 10.3. The van der Waals surface area contributed by atoms with Gasteiger partial charge in [0.25, 0.3) is 0 Å². The molecule has 0 aliphatic rings. The van der Waals surface area contributed by atoms with E-state index in [9.17, 15) is 4.79 Å². The molecule has 0 unspecified atom stereocenters. The van der Waals surface area contributed by atoms with E-state index in [1.54, 1.807) is 7.11 Å². The van der Waals surface area contributed by atoms with Gasteiger partial charge in [-0.1, -0.05) is 17.9 Å². The van der Waals surface area contributed by atoms with Gasteiger partial charge in [0.05, 0.1) is 12.7 Å². The number of amides is 1. The van der Waals surface area contributed by atoms with Crippen LogP contribution in [0.25, 0.3) is 0 Å². The zero-order chi connectivity index (χ0) is 15.9. The summed E-state index contributed by atoms with van der Waals surface area (Å²) in [7, 11) is 1.63. The number of methoxy groups -OCH3 is 1. The van der Waals surface area contributed by atoms with Gasteiger partial charge in [-0.25, -0.2) is 4.79 Å². The van der Waals surface area contributed by atoms with E-state index in [0.29, 0.717) is 13.0 Å². The van der Waals surface area contributed by atoms with E-state index in [0.717, 1.165) is 16.9 Å². The number of rotatable bonds is 3. The molecule has 0 fully saturated rings. The van der Waals surface area contributed by atoms with Crippen LogP contribution < -0.4 is 10.1 Å². The Hall–Kier alpha value is -2.15. The van der Waals surface area contributed by atoms with Gasteiger partial charge in [0.1, 0.15) is 11.4 Å². The first-order valence-corrected chi connectivity index (χ1v) is 6.92. The van der Waals surface area contributed by atoms with Crippen molar-refractivity contribution in [1.29, 1.82) is 0 Å². The fraction of sp³-hybridized carbons (Fsp3) is 0.471. The van der Waals surface area contributed by atoms with E-state index in [4.69, 9.17) is 9.47 Å². The average molecular weight is 289 g/mol. The Morgan fingerprint density at radius 2 is 2.05 bits per heavy atom. The number of hydrogen-bond donors (Lipinski definition) is 1. The minimum absolute atomic E-state index is 0.419. The van der Waals surface area contributed by atoms with Crippen LogP contribution in [0.3, 0.4) is 0 Å². The Labute approximate surface area is 126 Å². The number of hydrogen-bond acceptors (Lipinski definition) is 3. The molecule has 1 aromatic carbocycles. The summed E-state index contributed by atoms with van der Waals surface area (Å²) < 4.78 is 10.4. The van der Waals surface area contributed by atoms with Crippen molar-refractivity contribution >= 4 is 6.09 Å². The smallest absolute Gasteiger partial charge is 0.407 e. The van der Waals surface area contributed by atoms with Crippen molar-refractivity contribution in [3.63, 3.8) is 0 Å². The van der Waals surface area contributed by atoms with Crippen LogP contribution >= 0.6 is 0 Å². The topological polar surface area (TPSA) is 47.6 Å². The summed E-state index contributed by atoms with van der Waals surface area (Å²) in [6, 6.07) is 5.87. The zero-order valence-corrected chi connectivity index (χ0v) is 13.4. The molecule has 1 rings (SSSR count). The highest BCUT2D eigenvalue weighted by Gasteiger charge is 2.15. The zero-order valence-electron chi connectivity index (χ0n) is 13.4. The molecular formula is C17H23NO3. The highest BCUT2D eigenvalue weighted by Crippen LogP contribution is 2.18. The van der Waals surface area contributed by atoms with E-state index < -0.39 is 11.7 Å². The van der Waals surface area contributed by atoms with Crippen LogP contribution in [0.4, 0.5) is 4.79 Å². The number of alkyl carbamates (subject to hydrolysis) is 1. The van der Waals surface area contributed by atoms with Crippen LogP contribution in [-0.4, -0.2) is 25.3 Å². The Morgan fingerprint density at radius 1 is 1.33 bits per heavy atom. The summed E-state index contributed by atoms with van der Waals surface area (Å²) in [5, 5.41) is 2.67. The number of nitrogens with one attached hydrogen (secondary N) is 1. The molecule has 0 heterocycles. The molecule has 114 valence electrons. The molecule has 1 amide bonds. The summed E-state index contributed by atoms with van der Waals surface area (Å²) in [5.74, 6) is 6.83. The first kappa shape index (κ1) is 16.9. The SMILES string of the molecule is COc1cc(C)ccc1C#CCCNC(=O)OC(C)(C)C. The molecule has 0 bridgehead atoms. The molecule has 0 aromatic heterocycles. The summed E-state index contributed by atoms with van der Waals surface area (Å²) in [6.07, 6.45) is 0.133. The Bertz CT molecular complexity index is 547. The van der Waals surface area contributed by atoms with Crippen LogP contribution in [0.15, 0.2) is 18.2 Å². The van der Waals surface area contributed by atoms with E-state index in [-0.39, 0.29) is 0 Å². The predicted octanol–water partition coefficient (Wildman–Crippen LogP) is 3.27. The monoisotopic (exact) mass is 289 g/mol. The van der Waals surface area contributed by atoms with Gasteiger partial charge in [-0.15, -0.1) is 0 Å².